The van der Waals surface area contributed by atoms with Crippen LogP contribution in [0.2, 0.25) is 0 Å². The molecule has 0 unspecified atom stereocenters. The lowest BCUT2D eigenvalue weighted by Crippen LogP contribution is -2.40. The Morgan fingerprint density at radius 1 is 1.18 bits per heavy atom. The van der Waals surface area contributed by atoms with E-state index in [0.717, 1.165) is 25.7 Å². The number of alkyl carbamates (subject to hydrolysis) is 1. The summed E-state index contributed by atoms with van der Waals surface area (Å²) in [4.78, 5) is 23.3. The second-order valence-electron chi connectivity index (χ2n) is 6.83. The third-order valence-electron chi connectivity index (χ3n) is 3.58. The molecule has 1 N–H and O–H groups in total. The van der Waals surface area contributed by atoms with E-state index in [2.05, 4.69) is 5.32 Å². The van der Waals surface area contributed by atoms with E-state index in [9.17, 15) is 9.59 Å². The van der Waals surface area contributed by atoms with Crippen LogP contribution in [-0.4, -0.2) is 30.3 Å². The largest absolute Gasteiger partial charge is 0.463 e. The molecular weight excluding hydrogens is 282 g/mol. The summed E-state index contributed by atoms with van der Waals surface area (Å²) in [5, 5.41) is 2.92. The fourth-order valence-corrected chi connectivity index (χ4v) is 2.57. The Hall–Kier alpha value is -1.52. The molecule has 22 heavy (non-hydrogen) atoms. The van der Waals surface area contributed by atoms with Crippen LogP contribution in [0.15, 0.2) is 11.6 Å². The van der Waals surface area contributed by atoms with Crippen molar-refractivity contribution < 1.29 is 19.1 Å². The lowest BCUT2D eigenvalue weighted by molar-refractivity contribution is -0.138. The van der Waals surface area contributed by atoms with Gasteiger partial charge in [0.1, 0.15) is 5.60 Å². The molecule has 0 bridgehead atoms. The minimum Gasteiger partial charge on any atom is -0.463 e. The van der Waals surface area contributed by atoms with Gasteiger partial charge in [-0.1, -0.05) is 6.08 Å². The van der Waals surface area contributed by atoms with Crippen molar-refractivity contribution in [3.63, 3.8) is 0 Å². The zero-order valence-corrected chi connectivity index (χ0v) is 14.4. The Balaban J connectivity index is 2.39. The minimum atomic E-state index is -0.471. The molecule has 0 aliphatic heterocycles. The van der Waals surface area contributed by atoms with E-state index in [4.69, 9.17) is 9.47 Å². The molecule has 1 aliphatic carbocycles. The van der Waals surface area contributed by atoms with Crippen LogP contribution in [0.1, 0.15) is 60.3 Å². The molecule has 0 saturated heterocycles. The highest BCUT2D eigenvalue weighted by Gasteiger charge is 2.24. The highest BCUT2D eigenvalue weighted by Crippen LogP contribution is 2.26. The van der Waals surface area contributed by atoms with Crippen LogP contribution < -0.4 is 5.32 Å². The SMILES string of the molecule is CCOC(=O)/C(C)=C/C1CCC(NC(=O)OC(C)(C)C)CC1. The van der Waals surface area contributed by atoms with Gasteiger partial charge in [0.05, 0.1) is 6.61 Å². The summed E-state index contributed by atoms with van der Waals surface area (Å²) < 4.78 is 10.3. The van der Waals surface area contributed by atoms with E-state index in [0.29, 0.717) is 18.1 Å². The quantitative estimate of drug-likeness (QED) is 0.636. The van der Waals surface area contributed by atoms with E-state index in [1.54, 1.807) is 13.8 Å². The van der Waals surface area contributed by atoms with Gasteiger partial charge in [0, 0.05) is 11.6 Å². The summed E-state index contributed by atoms with van der Waals surface area (Å²) in [6.45, 7) is 9.56. The normalized spacial score (nSPS) is 22.9. The number of amides is 1. The van der Waals surface area contributed by atoms with Crippen molar-refractivity contribution in [1.82, 2.24) is 5.32 Å². The second kappa shape index (κ2) is 8.20. The third kappa shape index (κ3) is 6.96. The standard InChI is InChI=1S/C17H29NO4/c1-6-21-15(19)12(2)11-13-7-9-14(10-8-13)18-16(20)22-17(3,4)5/h11,13-14H,6-10H2,1-5H3,(H,18,20)/b12-11+. The number of hydrogen-bond acceptors (Lipinski definition) is 4. The van der Waals surface area contributed by atoms with Crippen molar-refractivity contribution in [3.8, 4) is 0 Å². The van der Waals surface area contributed by atoms with Crippen LogP contribution in [0.5, 0.6) is 0 Å². The van der Waals surface area contributed by atoms with Gasteiger partial charge in [-0.15, -0.1) is 0 Å². The highest BCUT2D eigenvalue weighted by molar-refractivity contribution is 5.87. The molecule has 0 radical (unpaired) electrons. The van der Waals surface area contributed by atoms with Gasteiger partial charge in [-0.05, 0) is 66.2 Å². The maximum atomic E-state index is 11.7. The zero-order chi connectivity index (χ0) is 16.8. The zero-order valence-electron chi connectivity index (χ0n) is 14.4. The minimum absolute atomic E-state index is 0.155. The molecule has 1 rings (SSSR count). The third-order valence-corrected chi connectivity index (χ3v) is 3.58. The summed E-state index contributed by atoms with van der Waals surface area (Å²) in [5.41, 5.74) is 0.200. The fourth-order valence-electron chi connectivity index (χ4n) is 2.57. The van der Waals surface area contributed by atoms with E-state index in [-0.39, 0.29) is 18.1 Å². The first-order valence-electron chi connectivity index (χ1n) is 8.06. The smallest absolute Gasteiger partial charge is 0.407 e. The predicted molar refractivity (Wildman–Crippen MR) is 85.5 cm³/mol. The van der Waals surface area contributed by atoms with E-state index in [1.165, 1.54) is 0 Å². The number of esters is 1. The van der Waals surface area contributed by atoms with E-state index in [1.807, 2.05) is 26.8 Å². The van der Waals surface area contributed by atoms with Gasteiger partial charge >= 0.3 is 12.1 Å². The Labute approximate surface area is 133 Å². The van der Waals surface area contributed by atoms with Crippen LogP contribution in [0.4, 0.5) is 4.79 Å². The summed E-state index contributed by atoms with van der Waals surface area (Å²) in [6.07, 6.45) is 5.36. The van der Waals surface area contributed by atoms with Crippen LogP contribution >= 0.6 is 0 Å². The lowest BCUT2D eigenvalue weighted by Gasteiger charge is -2.29. The number of ether oxygens (including phenoxy) is 2. The molecule has 0 aromatic heterocycles. The number of allylic oxidation sites excluding steroid dienone is 1. The number of hydrogen-bond donors (Lipinski definition) is 1. The summed E-state index contributed by atoms with van der Waals surface area (Å²) in [6, 6.07) is 0.155. The van der Waals surface area contributed by atoms with E-state index >= 15 is 0 Å². The Morgan fingerprint density at radius 2 is 1.77 bits per heavy atom. The molecular formula is C17H29NO4. The van der Waals surface area contributed by atoms with Gasteiger partial charge in [0.15, 0.2) is 0 Å². The molecule has 1 fully saturated rings. The molecule has 0 atom stereocenters. The molecule has 0 aromatic carbocycles. The van der Waals surface area contributed by atoms with Crippen molar-refractivity contribution in [3.05, 3.63) is 11.6 Å². The molecule has 0 heterocycles. The molecule has 5 heteroatoms. The summed E-state index contributed by atoms with van der Waals surface area (Å²) in [7, 11) is 0. The lowest BCUT2D eigenvalue weighted by atomic mass is 9.85. The monoisotopic (exact) mass is 311 g/mol. The predicted octanol–water partition coefficient (Wildman–Crippen LogP) is 3.58. The van der Waals surface area contributed by atoms with Gasteiger partial charge in [0.25, 0.3) is 0 Å². The number of carbonyl (C=O) groups is 2. The molecule has 0 spiro atoms. The molecule has 0 aromatic rings. The Bertz CT molecular complexity index is 415. The van der Waals surface area contributed by atoms with Gasteiger partial charge in [-0.3, -0.25) is 0 Å². The highest BCUT2D eigenvalue weighted by atomic mass is 16.6. The first kappa shape index (κ1) is 18.5. The first-order chi connectivity index (χ1) is 10.2. The maximum absolute atomic E-state index is 11.7. The molecule has 5 nitrogen and oxygen atoms in total. The fraction of sp³-hybridized carbons (Fsp3) is 0.765. The molecule has 1 amide bonds. The number of rotatable bonds is 4. The molecule has 1 aliphatic rings. The molecule has 1 saturated carbocycles. The Kier molecular flexibility index (Phi) is 6.91. The van der Waals surface area contributed by atoms with Gasteiger partial charge in [-0.25, -0.2) is 9.59 Å². The van der Waals surface area contributed by atoms with Crippen molar-refractivity contribution in [2.24, 2.45) is 5.92 Å². The first-order valence-corrected chi connectivity index (χ1v) is 8.06. The topological polar surface area (TPSA) is 64.6 Å². The summed E-state index contributed by atoms with van der Waals surface area (Å²) in [5.74, 6) is 0.137. The van der Waals surface area contributed by atoms with Crippen LogP contribution in [-0.2, 0) is 14.3 Å². The average molecular weight is 311 g/mol. The van der Waals surface area contributed by atoms with Crippen molar-refractivity contribution in [2.75, 3.05) is 6.61 Å². The second-order valence-corrected chi connectivity index (χ2v) is 6.83. The van der Waals surface area contributed by atoms with Gasteiger partial charge in [0.2, 0.25) is 0 Å². The average Bonchev–Trinajstić information content (AvgIpc) is 2.39. The van der Waals surface area contributed by atoms with Crippen molar-refractivity contribution in [2.45, 2.75) is 71.9 Å². The summed E-state index contributed by atoms with van der Waals surface area (Å²) >= 11 is 0. The maximum Gasteiger partial charge on any atom is 0.407 e. The number of carbonyl (C=O) groups excluding carboxylic acids is 2. The molecule has 126 valence electrons. The van der Waals surface area contributed by atoms with Crippen LogP contribution in [0.3, 0.4) is 0 Å². The van der Waals surface area contributed by atoms with Crippen molar-refractivity contribution in [1.29, 1.82) is 0 Å². The van der Waals surface area contributed by atoms with E-state index < -0.39 is 5.60 Å². The van der Waals surface area contributed by atoms with Crippen LogP contribution in [0, 0.1) is 5.92 Å². The van der Waals surface area contributed by atoms with Gasteiger partial charge in [-0.2, -0.15) is 0 Å². The Morgan fingerprint density at radius 3 is 2.27 bits per heavy atom. The van der Waals surface area contributed by atoms with Crippen LogP contribution in [0.25, 0.3) is 0 Å². The van der Waals surface area contributed by atoms with Gasteiger partial charge < -0.3 is 14.8 Å². The number of nitrogens with one attached hydrogen (secondary N) is 1. The van der Waals surface area contributed by atoms with Crippen molar-refractivity contribution >= 4 is 12.1 Å².